The number of H-pyrrole nitrogens is 1. The van der Waals surface area contributed by atoms with E-state index in [0.717, 1.165) is 17.8 Å². The third-order valence-corrected chi connectivity index (χ3v) is 1.45. The fourth-order valence-corrected chi connectivity index (χ4v) is 0.961. The van der Waals surface area contributed by atoms with Gasteiger partial charge in [0.05, 0.1) is 6.20 Å². The fourth-order valence-electron chi connectivity index (χ4n) is 0.961. The molecule has 3 N–H and O–H groups in total. The zero-order valence-electron chi connectivity index (χ0n) is 5.87. The van der Waals surface area contributed by atoms with Gasteiger partial charge >= 0.3 is 0 Å². The molecule has 0 bridgehead atoms. The standard InChI is InChI=1S/C6H8N4O/c7-2-1-5-9-4-3-8-11-6(4)10-5/h3H,1-2,7H2,(H,9,10). The molecule has 5 heteroatoms. The summed E-state index contributed by atoms with van der Waals surface area (Å²) >= 11 is 0. The van der Waals surface area contributed by atoms with Crippen molar-refractivity contribution in [2.45, 2.75) is 6.42 Å². The summed E-state index contributed by atoms with van der Waals surface area (Å²) in [6.07, 6.45) is 2.34. The second-order valence-electron chi connectivity index (χ2n) is 2.27. The van der Waals surface area contributed by atoms with E-state index in [2.05, 4.69) is 15.1 Å². The van der Waals surface area contributed by atoms with Crippen molar-refractivity contribution in [3.63, 3.8) is 0 Å². The molecular weight excluding hydrogens is 144 g/mol. The molecule has 2 heterocycles. The minimum Gasteiger partial charge on any atom is -0.338 e. The molecule has 0 amide bonds. The zero-order chi connectivity index (χ0) is 7.68. The van der Waals surface area contributed by atoms with Crippen LogP contribution in [-0.2, 0) is 6.42 Å². The topological polar surface area (TPSA) is 80.7 Å². The van der Waals surface area contributed by atoms with Gasteiger partial charge in [0.25, 0.3) is 5.71 Å². The lowest BCUT2D eigenvalue weighted by Gasteiger charge is -1.86. The average Bonchev–Trinajstić information content (AvgIpc) is 2.46. The van der Waals surface area contributed by atoms with Crippen LogP contribution in [0.2, 0.25) is 0 Å². The normalized spacial score (nSPS) is 11.0. The Kier molecular flexibility index (Phi) is 1.36. The molecule has 0 unspecified atom stereocenters. The lowest BCUT2D eigenvalue weighted by Crippen LogP contribution is -2.03. The number of hydrogen-bond acceptors (Lipinski definition) is 4. The molecule has 5 nitrogen and oxygen atoms in total. The minimum absolute atomic E-state index is 0.549. The molecule has 0 aromatic carbocycles. The van der Waals surface area contributed by atoms with Gasteiger partial charge in [0.2, 0.25) is 0 Å². The predicted octanol–water partition coefficient (Wildman–Crippen LogP) is 0.0521. The average molecular weight is 152 g/mol. The number of aromatic amines is 1. The SMILES string of the molecule is NCCc1nc2oncc2[nH]1. The smallest absolute Gasteiger partial charge is 0.275 e. The van der Waals surface area contributed by atoms with Crippen LogP contribution in [0.25, 0.3) is 11.2 Å². The first-order valence-electron chi connectivity index (χ1n) is 3.39. The van der Waals surface area contributed by atoms with Crippen molar-refractivity contribution < 1.29 is 4.52 Å². The summed E-state index contributed by atoms with van der Waals surface area (Å²) in [4.78, 5) is 7.13. The number of hydrogen-bond donors (Lipinski definition) is 2. The third kappa shape index (κ3) is 0.988. The first kappa shape index (κ1) is 6.36. The summed E-state index contributed by atoms with van der Waals surface area (Å²) in [6.45, 7) is 0.587. The number of nitrogens with two attached hydrogens (primary N) is 1. The monoisotopic (exact) mass is 152 g/mol. The van der Waals surface area contributed by atoms with E-state index in [9.17, 15) is 0 Å². The third-order valence-electron chi connectivity index (χ3n) is 1.45. The van der Waals surface area contributed by atoms with Crippen LogP contribution in [0.4, 0.5) is 0 Å². The number of nitrogens with one attached hydrogen (secondary N) is 1. The number of imidazole rings is 1. The summed E-state index contributed by atoms with van der Waals surface area (Å²) in [5.74, 6) is 0.851. The molecule has 0 aliphatic heterocycles. The number of nitrogens with zero attached hydrogens (tertiary/aromatic N) is 2. The van der Waals surface area contributed by atoms with Gasteiger partial charge < -0.3 is 15.2 Å². The lowest BCUT2D eigenvalue weighted by atomic mass is 10.4. The number of fused-ring (bicyclic) bond motifs is 1. The Balaban J connectivity index is 2.42. The highest BCUT2D eigenvalue weighted by atomic mass is 16.5. The van der Waals surface area contributed by atoms with Crippen molar-refractivity contribution in [3.05, 3.63) is 12.0 Å². The number of rotatable bonds is 2. The maximum Gasteiger partial charge on any atom is 0.275 e. The molecule has 11 heavy (non-hydrogen) atoms. The molecule has 2 rings (SSSR count). The van der Waals surface area contributed by atoms with Crippen molar-refractivity contribution >= 4 is 11.2 Å². The Hall–Kier alpha value is -1.36. The van der Waals surface area contributed by atoms with E-state index in [1.165, 1.54) is 0 Å². The Morgan fingerprint density at radius 2 is 2.55 bits per heavy atom. The second-order valence-corrected chi connectivity index (χ2v) is 2.27. The second kappa shape index (κ2) is 2.35. The van der Waals surface area contributed by atoms with Crippen molar-refractivity contribution in [3.8, 4) is 0 Å². The molecule has 2 aromatic rings. The highest BCUT2D eigenvalue weighted by Crippen LogP contribution is 2.08. The van der Waals surface area contributed by atoms with Gasteiger partial charge in [0.1, 0.15) is 11.3 Å². The Bertz CT molecular complexity index is 321. The first-order valence-corrected chi connectivity index (χ1v) is 3.39. The Morgan fingerprint density at radius 1 is 1.64 bits per heavy atom. The Morgan fingerprint density at radius 3 is 3.27 bits per heavy atom. The van der Waals surface area contributed by atoms with Crippen molar-refractivity contribution in [2.24, 2.45) is 5.73 Å². The molecule has 0 aliphatic rings. The first-order chi connectivity index (χ1) is 5.40. The fraction of sp³-hybridized carbons (Fsp3) is 0.333. The predicted molar refractivity (Wildman–Crippen MR) is 38.9 cm³/mol. The van der Waals surface area contributed by atoms with Crippen LogP contribution in [0.3, 0.4) is 0 Å². The van der Waals surface area contributed by atoms with Gasteiger partial charge in [0.15, 0.2) is 0 Å². The van der Waals surface area contributed by atoms with Gasteiger partial charge in [-0.05, 0) is 6.54 Å². The molecule has 2 aromatic heterocycles. The highest BCUT2D eigenvalue weighted by molar-refractivity contribution is 5.66. The van der Waals surface area contributed by atoms with Crippen molar-refractivity contribution in [2.75, 3.05) is 6.54 Å². The van der Waals surface area contributed by atoms with Crippen LogP contribution in [-0.4, -0.2) is 21.7 Å². The van der Waals surface area contributed by atoms with E-state index in [1.807, 2.05) is 0 Å². The summed E-state index contributed by atoms with van der Waals surface area (Å²) in [6, 6.07) is 0. The number of aromatic nitrogens is 3. The van der Waals surface area contributed by atoms with Gasteiger partial charge in [-0.3, -0.25) is 0 Å². The van der Waals surface area contributed by atoms with Crippen LogP contribution in [0, 0.1) is 0 Å². The summed E-state index contributed by atoms with van der Waals surface area (Å²) < 4.78 is 4.81. The molecule has 0 saturated carbocycles. The van der Waals surface area contributed by atoms with Crippen LogP contribution in [0.15, 0.2) is 10.7 Å². The molecule has 58 valence electrons. The van der Waals surface area contributed by atoms with E-state index in [1.54, 1.807) is 6.20 Å². The summed E-state index contributed by atoms with van der Waals surface area (Å²) in [5.41, 5.74) is 6.72. The minimum atomic E-state index is 0.549. The van der Waals surface area contributed by atoms with E-state index < -0.39 is 0 Å². The van der Waals surface area contributed by atoms with Crippen molar-refractivity contribution in [1.29, 1.82) is 0 Å². The maximum atomic E-state index is 5.34. The van der Waals surface area contributed by atoms with Crippen molar-refractivity contribution in [1.82, 2.24) is 15.1 Å². The van der Waals surface area contributed by atoms with E-state index in [4.69, 9.17) is 10.3 Å². The lowest BCUT2D eigenvalue weighted by molar-refractivity contribution is 0.448. The molecular formula is C6H8N4O. The van der Waals surface area contributed by atoms with Crippen LogP contribution in [0.1, 0.15) is 5.82 Å². The molecule has 0 spiro atoms. The highest BCUT2D eigenvalue weighted by Gasteiger charge is 2.04. The van der Waals surface area contributed by atoms with Crippen LogP contribution in [0.5, 0.6) is 0 Å². The largest absolute Gasteiger partial charge is 0.338 e. The van der Waals surface area contributed by atoms with E-state index >= 15 is 0 Å². The quantitative estimate of drug-likeness (QED) is 0.637. The molecule has 0 fully saturated rings. The summed E-state index contributed by atoms with van der Waals surface area (Å²) in [5, 5.41) is 3.56. The van der Waals surface area contributed by atoms with Crippen LogP contribution < -0.4 is 5.73 Å². The van der Waals surface area contributed by atoms with Gasteiger partial charge in [0, 0.05) is 6.42 Å². The molecule has 0 radical (unpaired) electrons. The van der Waals surface area contributed by atoms with Gasteiger partial charge in [-0.25, -0.2) is 0 Å². The van der Waals surface area contributed by atoms with Gasteiger partial charge in [-0.2, -0.15) is 4.98 Å². The van der Waals surface area contributed by atoms with Crippen LogP contribution >= 0.6 is 0 Å². The Labute approximate surface area is 62.6 Å². The van der Waals surface area contributed by atoms with E-state index in [0.29, 0.717) is 12.3 Å². The zero-order valence-corrected chi connectivity index (χ0v) is 5.87. The van der Waals surface area contributed by atoms with E-state index in [-0.39, 0.29) is 0 Å². The molecule has 0 aliphatic carbocycles. The van der Waals surface area contributed by atoms with Gasteiger partial charge in [-0.1, -0.05) is 5.16 Å². The summed E-state index contributed by atoms with van der Waals surface area (Å²) in [7, 11) is 0. The molecule has 0 atom stereocenters. The molecule has 0 saturated heterocycles. The maximum absolute atomic E-state index is 5.34. The van der Waals surface area contributed by atoms with Gasteiger partial charge in [-0.15, -0.1) is 0 Å².